The molecule has 0 saturated heterocycles. The Labute approximate surface area is 116 Å². The van der Waals surface area contributed by atoms with E-state index in [4.69, 9.17) is 9.93 Å². The predicted octanol–water partition coefficient (Wildman–Crippen LogP) is 4.33. The summed E-state index contributed by atoms with van der Waals surface area (Å²) in [5.41, 5.74) is -0.399. The molecule has 0 aromatic rings. The highest BCUT2D eigenvalue weighted by molar-refractivity contribution is 5.68. The van der Waals surface area contributed by atoms with Crippen molar-refractivity contribution in [3.05, 3.63) is 0 Å². The molecule has 0 aromatic heterocycles. The van der Waals surface area contributed by atoms with Gasteiger partial charge in [-0.15, -0.1) is 0 Å². The number of carbonyl (C=O) groups excluding carboxylic acids is 1. The Kier molecular flexibility index (Phi) is 7.39. The fourth-order valence-corrected chi connectivity index (χ4v) is 2.57. The van der Waals surface area contributed by atoms with Crippen LogP contribution in [0, 0.1) is 5.92 Å². The van der Waals surface area contributed by atoms with E-state index in [1.165, 1.54) is 19.3 Å². The highest BCUT2D eigenvalue weighted by Gasteiger charge is 2.33. The van der Waals surface area contributed by atoms with Gasteiger partial charge in [0.2, 0.25) is 0 Å². The van der Waals surface area contributed by atoms with Crippen LogP contribution >= 0.6 is 0 Å². The van der Waals surface area contributed by atoms with Crippen LogP contribution in [0.1, 0.15) is 78.6 Å². The molecule has 0 aliphatic heterocycles. The third-order valence-electron chi connectivity index (χ3n) is 3.95. The number of hydrogen-bond donors (Lipinski definition) is 0. The van der Waals surface area contributed by atoms with Crippen molar-refractivity contribution in [3.8, 4) is 0 Å². The number of carbonyl (C=O) groups is 1. The van der Waals surface area contributed by atoms with Crippen LogP contribution in [-0.4, -0.2) is 11.6 Å². The molecule has 1 saturated carbocycles. The van der Waals surface area contributed by atoms with E-state index in [9.17, 15) is 4.79 Å². The third kappa shape index (κ3) is 6.39. The van der Waals surface area contributed by atoms with Crippen molar-refractivity contribution in [2.75, 3.05) is 0 Å². The van der Waals surface area contributed by atoms with Crippen molar-refractivity contribution in [2.45, 2.75) is 84.2 Å². The van der Waals surface area contributed by atoms with Crippen LogP contribution in [0.3, 0.4) is 0 Å². The van der Waals surface area contributed by atoms with E-state index in [2.05, 4.69) is 11.8 Å². The minimum Gasteiger partial charge on any atom is -0.269 e. The highest BCUT2D eigenvalue weighted by Crippen LogP contribution is 2.34. The van der Waals surface area contributed by atoms with Gasteiger partial charge in [-0.05, 0) is 44.1 Å². The van der Waals surface area contributed by atoms with E-state index in [-0.39, 0.29) is 5.97 Å². The summed E-state index contributed by atoms with van der Waals surface area (Å²) in [6.07, 6.45) is 9.44. The van der Waals surface area contributed by atoms with E-state index >= 15 is 0 Å². The molecular weight excluding hydrogens is 244 g/mol. The first-order valence-corrected chi connectivity index (χ1v) is 7.61. The zero-order valence-corrected chi connectivity index (χ0v) is 12.6. The first kappa shape index (κ1) is 16.4. The zero-order chi connectivity index (χ0) is 14.1. The fourth-order valence-electron chi connectivity index (χ4n) is 2.57. The average Bonchev–Trinajstić information content (AvgIpc) is 2.40. The van der Waals surface area contributed by atoms with Crippen LogP contribution < -0.4 is 0 Å². The summed E-state index contributed by atoms with van der Waals surface area (Å²) in [6, 6.07) is 0. The molecular formula is C15H28O4. The minimum absolute atomic E-state index is 0.354. The van der Waals surface area contributed by atoms with Gasteiger partial charge in [-0.1, -0.05) is 39.0 Å². The monoisotopic (exact) mass is 272 g/mol. The van der Waals surface area contributed by atoms with Crippen molar-refractivity contribution in [1.29, 1.82) is 0 Å². The smallest absolute Gasteiger partial charge is 0.269 e. The first-order chi connectivity index (χ1) is 9.06. The molecule has 0 bridgehead atoms. The second-order valence-corrected chi connectivity index (χ2v) is 6.00. The van der Waals surface area contributed by atoms with Gasteiger partial charge in [-0.2, -0.15) is 4.89 Å². The lowest BCUT2D eigenvalue weighted by molar-refractivity contribution is -0.522. The summed E-state index contributed by atoms with van der Waals surface area (Å²) < 4.78 is 0. The van der Waals surface area contributed by atoms with Gasteiger partial charge in [-0.25, -0.2) is 4.79 Å². The van der Waals surface area contributed by atoms with Crippen molar-refractivity contribution in [1.82, 2.24) is 0 Å². The zero-order valence-electron chi connectivity index (χ0n) is 12.6. The second kappa shape index (κ2) is 8.54. The predicted molar refractivity (Wildman–Crippen MR) is 73.1 cm³/mol. The van der Waals surface area contributed by atoms with E-state index in [1.54, 1.807) is 0 Å². The Balaban J connectivity index is 2.17. The van der Waals surface area contributed by atoms with Gasteiger partial charge in [0.05, 0.1) is 0 Å². The van der Waals surface area contributed by atoms with Gasteiger partial charge in [0.15, 0.2) is 0 Å². The Morgan fingerprint density at radius 1 is 1.16 bits per heavy atom. The highest BCUT2D eigenvalue weighted by atomic mass is 17.5. The van der Waals surface area contributed by atoms with Crippen LogP contribution in [-0.2, 0) is 19.6 Å². The van der Waals surface area contributed by atoms with Crippen LogP contribution in [0.25, 0.3) is 0 Å². The fraction of sp³-hybridized carbons (Fsp3) is 0.933. The molecule has 19 heavy (non-hydrogen) atoms. The van der Waals surface area contributed by atoms with E-state index < -0.39 is 5.60 Å². The molecule has 0 N–H and O–H groups in total. The van der Waals surface area contributed by atoms with Gasteiger partial charge in [-0.3, -0.25) is 4.89 Å². The van der Waals surface area contributed by atoms with Gasteiger partial charge >= 0.3 is 5.97 Å². The molecule has 0 amide bonds. The van der Waals surface area contributed by atoms with Gasteiger partial charge in [0, 0.05) is 6.42 Å². The van der Waals surface area contributed by atoms with Crippen LogP contribution in [0.2, 0.25) is 0 Å². The van der Waals surface area contributed by atoms with E-state index in [0.29, 0.717) is 12.3 Å². The second-order valence-electron chi connectivity index (χ2n) is 6.00. The van der Waals surface area contributed by atoms with Gasteiger partial charge in [0.1, 0.15) is 5.60 Å². The summed E-state index contributed by atoms with van der Waals surface area (Å²) >= 11 is 0. The third-order valence-corrected chi connectivity index (χ3v) is 3.95. The van der Waals surface area contributed by atoms with Gasteiger partial charge < -0.3 is 0 Å². The Morgan fingerprint density at radius 3 is 2.47 bits per heavy atom. The molecule has 0 spiro atoms. The average molecular weight is 272 g/mol. The lowest BCUT2D eigenvalue weighted by Crippen LogP contribution is -2.36. The molecule has 1 aliphatic rings. The lowest BCUT2D eigenvalue weighted by atomic mass is 9.79. The topological polar surface area (TPSA) is 44.8 Å². The van der Waals surface area contributed by atoms with Crippen LogP contribution in [0.5, 0.6) is 0 Å². The molecule has 0 heterocycles. The maximum absolute atomic E-state index is 11.4. The van der Waals surface area contributed by atoms with Crippen molar-refractivity contribution in [3.63, 3.8) is 0 Å². The van der Waals surface area contributed by atoms with Crippen LogP contribution in [0.15, 0.2) is 0 Å². The first-order valence-electron chi connectivity index (χ1n) is 7.61. The van der Waals surface area contributed by atoms with Gasteiger partial charge in [0.25, 0.3) is 0 Å². The molecule has 0 radical (unpaired) electrons. The Morgan fingerprint density at radius 2 is 1.84 bits per heavy atom. The van der Waals surface area contributed by atoms with Crippen molar-refractivity contribution < 1.29 is 19.6 Å². The van der Waals surface area contributed by atoms with E-state index in [0.717, 1.165) is 32.1 Å². The quantitative estimate of drug-likeness (QED) is 0.375. The maximum atomic E-state index is 11.4. The summed E-state index contributed by atoms with van der Waals surface area (Å²) in [5, 5.41) is 4.69. The summed E-state index contributed by atoms with van der Waals surface area (Å²) in [7, 11) is 0. The van der Waals surface area contributed by atoms with Crippen molar-refractivity contribution in [2.24, 2.45) is 5.92 Å². The molecule has 0 unspecified atom stereocenters. The van der Waals surface area contributed by atoms with Crippen molar-refractivity contribution >= 4 is 5.97 Å². The molecule has 4 nitrogen and oxygen atoms in total. The van der Waals surface area contributed by atoms with Crippen LogP contribution in [0.4, 0.5) is 0 Å². The summed E-state index contributed by atoms with van der Waals surface area (Å²) in [5.74, 6) is 0.118. The number of rotatable bonds is 8. The SMILES string of the molecule is CCCCCC(=O)OOOC(C)(C)C1CCCCC1. The Hall–Kier alpha value is -0.610. The summed E-state index contributed by atoms with van der Waals surface area (Å²) in [6.45, 7) is 6.08. The largest absolute Gasteiger partial charge is 0.345 e. The standard InChI is InChI=1S/C15H28O4/c1-4-5-7-12-14(16)17-19-18-15(2,3)13-10-8-6-9-11-13/h13H,4-12H2,1-3H3. The Bertz CT molecular complexity index is 257. The molecule has 0 atom stereocenters. The normalized spacial score (nSPS) is 17.4. The number of hydrogen-bond acceptors (Lipinski definition) is 4. The van der Waals surface area contributed by atoms with E-state index in [1.807, 2.05) is 13.8 Å². The minimum atomic E-state index is -0.399. The molecule has 1 rings (SSSR count). The number of unbranched alkanes of at least 4 members (excludes halogenated alkanes) is 2. The molecule has 112 valence electrons. The molecule has 1 fully saturated rings. The molecule has 4 heteroatoms. The molecule has 1 aliphatic carbocycles. The summed E-state index contributed by atoms with van der Waals surface area (Å²) in [4.78, 5) is 21.3. The maximum Gasteiger partial charge on any atom is 0.345 e. The molecule has 0 aromatic carbocycles. The lowest BCUT2D eigenvalue weighted by Gasteiger charge is -2.34.